The van der Waals surface area contributed by atoms with Gasteiger partial charge in [-0.1, -0.05) is 25.5 Å². The number of rotatable bonds is 3. The molecule has 1 aromatic carbocycles. The van der Waals surface area contributed by atoms with Gasteiger partial charge in [0.1, 0.15) is 0 Å². The molecule has 0 bridgehead atoms. The summed E-state index contributed by atoms with van der Waals surface area (Å²) < 4.78 is 37.3. The highest BCUT2D eigenvalue weighted by Crippen LogP contribution is 2.29. The topological polar surface area (TPSA) is 17.1 Å². The van der Waals surface area contributed by atoms with Gasteiger partial charge < -0.3 is 0 Å². The molecular formula is C16H16BrF3OS. The van der Waals surface area contributed by atoms with Crippen LogP contribution >= 0.6 is 27.3 Å². The molecule has 2 rings (SSSR count). The van der Waals surface area contributed by atoms with Crippen LogP contribution in [0.25, 0.3) is 0 Å². The Morgan fingerprint density at radius 2 is 1.73 bits per heavy atom. The largest absolute Gasteiger partial charge is 0.416 e. The fourth-order valence-corrected chi connectivity index (χ4v) is 2.93. The summed E-state index contributed by atoms with van der Waals surface area (Å²) in [5, 5.41) is 0. The molecule has 1 nitrogen and oxygen atoms in total. The average molecular weight is 393 g/mol. The lowest BCUT2D eigenvalue weighted by Gasteiger charge is -2.06. The first-order valence-corrected chi connectivity index (χ1v) is 8.27. The predicted octanol–water partition coefficient (Wildman–Crippen LogP) is 6.37. The summed E-state index contributed by atoms with van der Waals surface area (Å²) in [7, 11) is 0. The van der Waals surface area contributed by atoms with Crippen LogP contribution in [-0.2, 0) is 12.6 Å². The lowest BCUT2D eigenvalue weighted by Crippen LogP contribution is -2.04. The van der Waals surface area contributed by atoms with Crippen molar-refractivity contribution in [1.82, 2.24) is 0 Å². The lowest BCUT2D eigenvalue weighted by atomic mass is 10.1. The molecule has 0 radical (unpaired) electrons. The first-order valence-electron chi connectivity index (χ1n) is 6.66. The highest BCUT2D eigenvalue weighted by molar-refractivity contribution is 9.11. The van der Waals surface area contributed by atoms with Crippen molar-refractivity contribution in [2.45, 2.75) is 32.9 Å². The van der Waals surface area contributed by atoms with E-state index in [0.29, 0.717) is 0 Å². The van der Waals surface area contributed by atoms with Gasteiger partial charge in [-0.2, -0.15) is 13.2 Å². The maximum atomic E-state index is 12.1. The second-order valence-corrected chi connectivity index (χ2v) is 7.07. The van der Waals surface area contributed by atoms with Gasteiger partial charge in [0.15, 0.2) is 5.78 Å². The quantitative estimate of drug-likeness (QED) is 0.554. The van der Waals surface area contributed by atoms with E-state index in [2.05, 4.69) is 15.9 Å². The number of thiophene rings is 1. The van der Waals surface area contributed by atoms with E-state index >= 15 is 0 Å². The van der Waals surface area contributed by atoms with Crippen LogP contribution < -0.4 is 0 Å². The van der Waals surface area contributed by atoms with E-state index in [4.69, 9.17) is 0 Å². The monoisotopic (exact) mass is 392 g/mol. The van der Waals surface area contributed by atoms with Crippen molar-refractivity contribution >= 4 is 33.0 Å². The number of benzene rings is 1. The Morgan fingerprint density at radius 3 is 2.05 bits per heavy atom. The third-order valence-electron chi connectivity index (χ3n) is 2.74. The Kier molecular flexibility index (Phi) is 7.29. The Bertz CT molecular complexity index is 603. The summed E-state index contributed by atoms with van der Waals surface area (Å²) in [5.41, 5.74) is 0.378. The fourth-order valence-electron chi connectivity index (χ4n) is 1.65. The number of ketones is 1. The molecule has 0 saturated heterocycles. The summed E-state index contributed by atoms with van der Waals surface area (Å²) >= 11 is 4.73. The molecule has 1 heterocycles. The lowest BCUT2D eigenvalue weighted by molar-refractivity contribution is -0.137. The van der Waals surface area contributed by atoms with Crippen molar-refractivity contribution in [1.29, 1.82) is 0 Å². The Balaban J connectivity index is 0.000000235. The maximum absolute atomic E-state index is 12.1. The number of hydrogen-bond donors (Lipinski definition) is 0. The highest BCUT2D eigenvalue weighted by atomic mass is 79.9. The number of alkyl halides is 3. The summed E-state index contributed by atoms with van der Waals surface area (Å²) in [6.45, 7) is 3.57. The standard InChI is InChI=1S/C10H11F3.C6H5BrOS/c1-2-3-8-4-6-9(7-5-8)10(11,12)13;1-4(8)5-2-3-6(7)9-5/h4-7H,2-3H2,1H3;2-3H,1H3. The second kappa shape index (κ2) is 8.48. The minimum absolute atomic E-state index is 0.130. The van der Waals surface area contributed by atoms with Gasteiger partial charge in [-0.3, -0.25) is 4.79 Å². The van der Waals surface area contributed by atoms with Crippen LogP contribution in [0.5, 0.6) is 0 Å². The molecule has 0 spiro atoms. The van der Waals surface area contributed by atoms with Gasteiger partial charge >= 0.3 is 6.18 Å². The molecule has 0 atom stereocenters. The van der Waals surface area contributed by atoms with E-state index in [-0.39, 0.29) is 5.78 Å². The smallest absolute Gasteiger partial charge is 0.294 e. The molecule has 0 aliphatic carbocycles. The SMILES string of the molecule is CC(=O)c1ccc(Br)s1.CCCc1ccc(C(F)(F)F)cc1. The molecular weight excluding hydrogens is 377 g/mol. The zero-order chi connectivity index (χ0) is 16.8. The molecule has 22 heavy (non-hydrogen) atoms. The van der Waals surface area contributed by atoms with E-state index in [9.17, 15) is 18.0 Å². The van der Waals surface area contributed by atoms with Crippen LogP contribution in [0.15, 0.2) is 40.2 Å². The molecule has 1 aromatic heterocycles. The van der Waals surface area contributed by atoms with Crippen molar-refractivity contribution in [3.05, 3.63) is 56.2 Å². The zero-order valence-corrected chi connectivity index (χ0v) is 14.6. The molecule has 0 amide bonds. The number of Topliss-reactive ketones (excluding diaryl/α,β-unsaturated/α-hetero) is 1. The van der Waals surface area contributed by atoms with Crippen LogP contribution in [0, 0.1) is 0 Å². The zero-order valence-electron chi connectivity index (χ0n) is 12.2. The third-order valence-corrected chi connectivity index (χ3v) is 4.46. The van der Waals surface area contributed by atoms with E-state index in [1.165, 1.54) is 23.5 Å². The first kappa shape index (κ1) is 18.9. The van der Waals surface area contributed by atoms with Gasteiger partial charge in [-0.05, 0) is 59.1 Å². The summed E-state index contributed by atoms with van der Waals surface area (Å²) in [6.07, 6.45) is -2.44. The van der Waals surface area contributed by atoms with Crippen LogP contribution in [0.2, 0.25) is 0 Å². The van der Waals surface area contributed by atoms with Crippen molar-refractivity contribution in [2.24, 2.45) is 0 Å². The van der Waals surface area contributed by atoms with Crippen molar-refractivity contribution in [3.63, 3.8) is 0 Å². The summed E-state index contributed by atoms with van der Waals surface area (Å²) in [4.78, 5) is 11.5. The minimum Gasteiger partial charge on any atom is -0.294 e. The normalized spacial score (nSPS) is 10.8. The Hall–Kier alpha value is -1.14. The van der Waals surface area contributed by atoms with E-state index in [0.717, 1.165) is 39.2 Å². The predicted molar refractivity (Wildman–Crippen MR) is 87.5 cm³/mol. The number of hydrogen-bond acceptors (Lipinski definition) is 2. The second-order valence-electron chi connectivity index (χ2n) is 4.60. The number of halogens is 4. The average Bonchev–Trinajstić information content (AvgIpc) is 2.86. The molecule has 2 aromatic rings. The van der Waals surface area contributed by atoms with Gasteiger partial charge in [0, 0.05) is 0 Å². The molecule has 6 heteroatoms. The summed E-state index contributed by atoms with van der Waals surface area (Å²) in [5.74, 6) is 0.130. The maximum Gasteiger partial charge on any atom is 0.416 e. The molecule has 0 unspecified atom stereocenters. The Labute approximate surface area is 140 Å². The van der Waals surface area contributed by atoms with Gasteiger partial charge in [0.05, 0.1) is 14.2 Å². The van der Waals surface area contributed by atoms with E-state index in [1.54, 1.807) is 6.92 Å². The van der Waals surface area contributed by atoms with Crippen LogP contribution in [0.4, 0.5) is 13.2 Å². The van der Waals surface area contributed by atoms with Crippen molar-refractivity contribution in [3.8, 4) is 0 Å². The van der Waals surface area contributed by atoms with Crippen molar-refractivity contribution in [2.75, 3.05) is 0 Å². The van der Waals surface area contributed by atoms with Crippen LogP contribution in [0.3, 0.4) is 0 Å². The highest BCUT2D eigenvalue weighted by Gasteiger charge is 2.29. The van der Waals surface area contributed by atoms with Gasteiger partial charge in [-0.25, -0.2) is 0 Å². The van der Waals surface area contributed by atoms with Gasteiger partial charge in [-0.15, -0.1) is 11.3 Å². The molecule has 0 saturated carbocycles. The molecule has 0 aliphatic rings. The van der Waals surface area contributed by atoms with Gasteiger partial charge in [0.25, 0.3) is 0 Å². The summed E-state index contributed by atoms with van der Waals surface area (Å²) in [6, 6.07) is 9.02. The number of aryl methyl sites for hydroxylation is 1. The Morgan fingerprint density at radius 1 is 1.14 bits per heavy atom. The fraction of sp³-hybridized carbons (Fsp3) is 0.312. The molecule has 0 N–H and O–H groups in total. The molecule has 0 fully saturated rings. The number of carbonyl (C=O) groups is 1. The minimum atomic E-state index is -4.22. The first-order chi connectivity index (χ1) is 10.2. The third kappa shape index (κ3) is 6.32. The van der Waals surface area contributed by atoms with E-state index in [1.807, 2.05) is 19.1 Å². The molecule has 0 aliphatic heterocycles. The molecule has 120 valence electrons. The van der Waals surface area contributed by atoms with Crippen LogP contribution in [0.1, 0.15) is 41.1 Å². The number of carbonyl (C=O) groups excluding carboxylic acids is 1. The van der Waals surface area contributed by atoms with Crippen molar-refractivity contribution < 1.29 is 18.0 Å². The van der Waals surface area contributed by atoms with Gasteiger partial charge in [0.2, 0.25) is 0 Å². The van der Waals surface area contributed by atoms with E-state index < -0.39 is 11.7 Å². The van der Waals surface area contributed by atoms with Crippen LogP contribution in [-0.4, -0.2) is 5.78 Å².